The summed E-state index contributed by atoms with van der Waals surface area (Å²) in [6, 6.07) is 14.1. The Bertz CT molecular complexity index is 681. The number of para-hydroxylation sites is 2. The van der Waals surface area contributed by atoms with E-state index in [4.69, 9.17) is 4.74 Å². The molecule has 0 spiro atoms. The molecule has 0 amide bonds. The summed E-state index contributed by atoms with van der Waals surface area (Å²) in [4.78, 5) is 10.5. The molecule has 0 aliphatic heterocycles. The van der Waals surface area contributed by atoms with E-state index >= 15 is 0 Å². The second-order valence-corrected chi connectivity index (χ2v) is 4.76. The third-order valence-electron chi connectivity index (χ3n) is 3.09. The third kappa shape index (κ3) is 4.05. The Morgan fingerprint density at radius 3 is 2.55 bits per heavy atom. The van der Waals surface area contributed by atoms with E-state index in [1.807, 2.05) is 31.2 Å². The predicted octanol–water partition coefficient (Wildman–Crippen LogP) is 3.63. The zero-order chi connectivity index (χ0) is 15.9. The zero-order valence-corrected chi connectivity index (χ0v) is 12.4. The van der Waals surface area contributed by atoms with E-state index in [2.05, 4.69) is 10.5 Å². The highest BCUT2D eigenvalue weighted by Crippen LogP contribution is 2.23. The van der Waals surface area contributed by atoms with Gasteiger partial charge < -0.3 is 4.74 Å². The third-order valence-corrected chi connectivity index (χ3v) is 3.09. The van der Waals surface area contributed by atoms with Crippen LogP contribution in [0.15, 0.2) is 53.6 Å². The Kier molecular flexibility index (Phi) is 5.08. The second-order valence-electron chi connectivity index (χ2n) is 4.76. The molecule has 0 unspecified atom stereocenters. The Labute approximate surface area is 128 Å². The van der Waals surface area contributed by atoms with Crippen molar-refractivity contribution < 1.29 is 9.66 Å². The van der Waals surface area contributed by atoms with Crippen molar-refractivity contribution in [3.05, 3.63) is 64.2 Å². The summed E-state index contributed by atoms with van der Waals surface area (Å²) >= 11 is 0. The van der Waals surface area contributed by atoms with Crippen molar-refractivity contribution in [1.29, 1.82) is 0 Å². The summed E-state index contributed by atoms with van der Waals surface area (Å²) in [5.74, 6) is 0.802. The fourth-order valence-electron chi connectivity index (χ4n) is 1.96. The summed E-state index contributed by atoms with van der Waals surface area (Å²) in [6.45, 7) is 1.87. The van der Waals surface area contributed by atoms with Crippen LogP contribution in [0.4, 0.5) is 11.4 Å². The molecule has 0 aromatic heterocycles. The van der Waals surface area contributed by atoms with Crippen molar-refractivity contribution in [3.63, 3.8) is 0 Å². The highest BCUT2D eigenvalue weighted by molar-refractivity contribution is 5.85. The van der Waals surface area contributed by atoms with Crippen molar-refractivity contribution >= 4 is 17.1 Å². The predicted molar refractivity (Wildman–Crippen MR) is 86.5 cm³/mol. The first-order valence-corrected chi connectivity index (χ1v) is 6.75. The first-order chi connectivity index (χ1) is 10.6. The van der Waals surface area contributed by atoms with Crippen LogP contribution in [0.3, 0.4) is 0 Å². The highest BCUT2D eigenvalue weighted by Gasteiger charge is 2.11. The largest absolute Gasteiger partial charge is 0.497 e. The van der Waals surface area contributed by atoms with Gasteiger partial charge in [0.1, 0.15) is 11.4 Å². The molecule has 0 heterocycles. The zero-order valence-electron chi connectivity index (χ0n) is 12.4. The molecule has 2 aromatic carbocycles. The smallest absolute Gasteiger partial charge is 0.294 e. The van der Waals surface area contributed by atoms with Crippen LogP contribution in [-0.2, 0) is 6.42 Å². The maximum atomic E-state index is 10.9. The lowest BCUT2D eigenvalue weighted by atomic mass is 10.1. The molecule has 0 saturated carbocycles. The fourth-order valence-corrected chi connectivity index (χ4v) is 1.96. The van der Waals surface area contributed by atoms with E-state index in [0.717, 1.165) is 17.0 Å². The van der Waals surface area contributed by atoms with Crippen molar-refractivity contribution in [2.75, 3.05) is 12.5 Å². The normalized spacial score (nSPS) is 11.1. The van der Waals surface area contributed by atoms with Gasteiger partial charge in [0.2, 0.25) is 0 Å². The van der Waals surface area contributed by atoms with Crippen molar-refractivity contribution in [3.8, 4) is 5.75 Å². The molecule has 6 nitrogen and oxygen atoms in total. The molecule has 0 aliphatic rings. The maximum Gasteiger partial charge on any atom is 0.294 e. The molecule has 0 atom stereocenters. The van der Waals surface area contributed by atoms with E-state index in [-0.39, 0.29) is 5.69 Å². The lowest BCUT2D eigenvalue weighted by Crippen LogP contribution is -2.03. The van der Waals surface area contributed by atoms with Gasteiger partial charge in [0.15, 0.2) is 0 Å². The Morgan fingerprint density at radius 1 is 1.23 bits per heavy atom. The molecule has 0 aliphatic carbocycles. The molecule has 22 heavy (non-hydrogen) atoms. The quantitative estimate of drug-likeness (QED) is 0.502. The summed E-state index contributed by atoms with van der Waals surface area (Å²) in [5, 5.41) is 15.1. The van der Waals surface area contributed by atoms with Gasteiger partial charge in [-0.25, -0.2) is 0 Å². The molecule has 0 fully saturated rings. The van der Waals surface area contributed by atoms with Gasteiger partial charge in [0.05, 0.1) is 12.0 Å². The second kappa shape index (κ2) is 7.21. The van der Waals surface area contributed by atoms with Gasteiger partial charge in [-0.2, -0.15) is 5.10 Å². The van der Waals surface area contributed by atoms with Gasteiger partial charge in [0, 0.05) is 18.2 Å². The van der Waals surface area contributed by atoms with Gasteiger partial charge in [-0.05, 0) is 30.7 Å². The van der Waals surface area contributed by atoms with E-state index in [9.17, 15) is 10.1 Å². The monoisotopic (exact) mass is 299 g/mol. The molecule has 2 rings (SSSR count). The fraction of sp³-hybridized carbons (Fsp3) is 0.188. The van der Waals surface area contributed by atoms with Crippen LogP contribution >= 0.6 is 0 Å². The maximum absolute atomic E-state index is 10.9. The van der Waals surface area contributed by atoms with Gasteiger partial charge in [-0.15, -0.1) is 0 Å². The van der Waals surface area contributed by atoms with Gasteiger partial charge in [-0.3, -0.25) is 15.5 Å². The number of nitrogens with zero attached hydrogens (tertiary/aromatic N) is 2. The molecule has 114 valence electrons. The number of nitro groups is 1. The Balaban J connectivity index is 2.05. The number of hydrogen-bond donors (Lipinski definition) is 1. The van der Waals surface area contributed by atoms with Crippen molar-refractivity contribution in [2.45, 2.75) is 13.3 Å². The van der Waals surface area contributed by atoms with Crippen LogP contribution in [0.1, 0.15) is 12.5 Å². The SMILES string of the molecule is COc1ccc(C/C(C)=N\Nc2ccccc2[N+](=O)[O-])cc1. The topological polar surface area (TPSA) is 76.8 Å². The lowest BCUT2D eigenvalue weighted by molar-refractivity contribution is -0.384. The van der Waals surface area contributed by atoms with E-state index in [1.54, 1.807) is 25.3 Å². The number of nitro benzene ring substituents is 1. The van der Waals surface area contributed by atoms with Gasteiger partial charge in [0.25, 0.3) is 5.69 Å². The Morgan fingerprint density at radius 2 is 1.91 bits per heavy atom. The molecule has 0 bridgehead atoms. The van der Waals surface area contributed by atoms with Gasteiger partial charge >= 0.3 is 0 Å². The lowest BCUT2D eigenvalue weighted by Gasteiger charge is -2.05. The van der Waals surface area contributed by atoms with E-state index in [1.165, 1.54) is 6.07 Å². The van der Waals surface area contributed by atoms with Crippen molar-refractivity contribution in [2.24, 2.45) is 5.10 Å². The minimum atomic E-state index is -0.434. The summed E-state index contributed by atoms with van der Waals surface area (Å²) in [7, 11) is 1.62. The molecular weight excluding hydrogens is 282 g/mol. The minimum Gasteiger partial charge on any atom is -0.497 e. The molecule has 2 aromatic rings. The molecule has 1 N–H and O–H groups in total. The number of ether oxygens (including phenoxy) is 1. The van der Waals surface area contributed by atoms with E-state index < -0.39 is 4.92 Å². The summed E-state index contributed by atoms with van der Waals surface area (Å²) < 4.78 is 5.11. The Hall–Kier alpha value is -2.89. The average Bonchev–Trinajstić information content (AvgIpc) is 2.54. The van der Waals surface area contributed by atoms with Gasteiger partial charge in [-0.1, -0.05) is 24.3 Å². The molecular formula is C16H17N3O3. The molecule has 0 saturated heterocycles. The van der Waals surface area contributed by atoms with Crippen LogP contribution in [-0.4, -0.2) is 17.7 Å². The average molecular weight is 299 g/mol. The number of rotatable bonds is 6. The van der Waals surface area contributed by atoms with Crippen molar-refractivity contribution in [1.82, 2.24) is 0 Å². The first-order valence-electron chi connectivity index (χ1n) is 6.75. The van der Waals surface area contributed by atoms with Crippen LogP contribution in [0.5, 0.6) is 5.75 Å². The number of methoxy groups -OCH3 is 1. The number of anilines is 1. The first kappa shape index (κ1) is 15.5. The number of hydrogen-bond acceptors (Lipinski definition) is 5. The number of benzene rings is 2. The molecule has 6 heteroatoms. The summed E-state index contributed by atoms with van der Waals surface area (Å²) in [6.07, 6.45) is 0.650. The van der Waals surface area contributed by atoms with Crippen LogP contribution in [0.25, 0.3) is 0 Å². The standard InChI is InChI=1S/C16H17N3O3/c1-12(11-13-7-9-14(22-2)10-8-13)17-18-15-5-3-4-6-16(15)19(20)21/h3-10,18H,11H2,1-2H3/b17-12-. The summed E-state index contributed by atoms with van der Waals surface area (Å²) in [5.41, 5.74) is 5.05. The molecule has 0 radical (unpaired) electrons. The van der Waals surface area contributed by atoms with Crippen LogP contribution in [0, 0.1) is 10.1 Å². The number of nitrogens with one attached hydrogen (secondary N) is 1. The number of hydrazone groups is 1. The van der Waals surface area contributed by atoms with E-state index in [0.29, 0.717) is 12.1 Å². The van der Waals surface area contributed by atoms with Crippen LogP contribution < -0.4 is 10.2 Å². The van der Waals surface area contributed by atoms with Crippen LogP contribution in [0.2, 0.25) is 0 Å². The minimum absolute atomic E-state index is 0.00324. The highest BCUT2D eigenvalue weighted by atomic mass is 16.6.